The Labute approximate surface area is 107 Å². The van der Waals surface area contributed by atoms with Crippen molar-refractivity contribution < 1.29 is 9.53 Å². The maximum Gasteiger partial charge on any atom is 0.310 e. The van der Waals surface area contributed by atoms with Crippen LogP contribution in [0.2, 0.25) is 0 Å². The molecule has 0 saturated heterocycles. The van der Waals surface area contributed by atoms with Gasteiger partial charge in [-0.25, -0.2) is 0 Å². The van der Waals surface area contributed by atoms with Crippen LogP contribution in [-0.2, 0) is 16.0 Å². The molecule has 1 heterocycles. The van der Waals surface area contributed by atoms with Gasteiger partial charge in [0.1, 0.15) is 0 Å². The van der Waals surface area contributed by atoms with Gasteiger partial charge in [0.2, 0.25) is 0 Å². The highest BCUT2D eigenvalue weighted by Gasteiger charge is 2.17. The largest absolute Gasteiger partial charge is 0.469 e. The number of rotatable bonds is 4. The Bertz CT molecular complexity index is 296. The summed E-state index contributed by atoms with van der Waals surface area (Å²) in [6, 6.07) is 3.73. The van der Waals surface area contributed by atoms with Crippen molar-refractivity contribution in [3.05, 3.63) is 30.1 Å². The smallest absolute Gasteiger partial charge is 0.310 e. The standard InChI is InChI=1S/C10H14N2O2.2ClH/c1-14-10(13)9(7-11)6-8-2-4-12-5-3-8;;/h2-5,9H,6-7,11H2,1H3;2*1H. The molecule has 0 fully saturated rings. The van der Waals surface area contributed by atoms with Gasteiger partial charge < -0.3 is 10.5 Å². The van der Waals surface area contributed by atoms with Gasteiger partial charge in [0.25, 0.3) is 0 Å². The molecule has 0 radical (unpaired) electrons. The second-order valence-electron chi connectivity index (χ2n) is 3.02. The molecule has 0 bridgehead atoms. The fraction of sp³-hybridized carbons (Fsp3) is 0.400. The first-order valence-electron chi connectivity index (χ1n) is 4.44. The number of nitrogens with two attached hydrogens (primary N) is 1. The number of carbonyl (C=O) groups excluding carboxylic acids is 1. The summed E-state index contributed by atoms with van der Waals surface area (Å²) in [6.45, 7) is 0.301. The lowest BCUT2D eigenvalue weighted by atomic mass is 10.0. The number of hydrogen-bond acceptors (Lipinski definition) is 4. The minimum absolute atomic E-state index is 0. The highest BCUT2D eigenvalue weighted by atomic mass is 35.5. The van der Waals surface area contributed by atoms with Crippen LogP contribution in [0.3, 0.4) is 0 Å². The van der Waals surface area contributed by atoms with Crippen LogP contribution in [0.15, 0.2) is 24.5 Å². The maximum atomic E-state index is 11.2. The predicted molar refractivity (Wildman–Crippen MR) is 67.0 cm³/mol. The van der Waals surface area contributed by atoms with E-state index in [-0.39, 0.29) is 36.7 Å². The fourth-order valence-electron chi connectivity index (χ4n) is 1.23. The third-order valence-corrected chi connectivity index (χ3v) is 2.05. The highest BCUT2D eigenvalue weighted by Crippen LogP contribution is 2.08. The highest BCUT2D eigenvalue weighted by molar-refractivity contribution is 5.85. The number of aromatic nitrogens is 1. The minimum Gasteiger partial charge on any atom is -0.469 e. The molecule has 1 unspecified atom stereocenters. The number of pyridine rings is 1. The summed E-state index contributed by atoms with van der Waals surface area (Å²) >= 11 is 0. The maximum absolute atomic E-state index is 11.2. The average molecular weight is 267 g/mol. The van der Waals surface area contributed by atoms with E-state index in [1.54, 1.807) is 12.4 Å². The lowest BCUT2D eigenvalue weighted by molar-refractivity contribution is -0.145. The van der Waals surface area contributed by atoms with Gasteiger partial charge in [-0.15, -0.1) is 24.8 Å². The summed E-state index contributed by atoms with van der Waals surface area (Å²) in [5, 5.41) is 0. The molecule has 0 amide bonds. The Morgan fingerprint density at radius 3 is 2.44 bits per heavy atom. The Kier molecular flexibility index (Phi) is 10.3. The summed E-state index contributed by atoms with van der Waals surface area (Å²) in [4.78, 5) is 15.1. The van der Waals surface area contributed by atoms with Gasteiger partial charge in [-0.05, 0) is 24.1 Å². The van der Waals surface area contributed by atoms with Crippen molar-refractivity contribution >= 4 is 30.8 Å². The van der Waals surface area contributed by atoms with E-state index in [2.05, 4.69) is 9.72 Å². The Morgan fingerprint density at radius 1 is 1.44 bits per heavy atom. The summed E-state index contributed by atoms with van der Waals surface area (Å²) < 4.78 is 4.64. The van der Waals surface area contributed by atoms with Crippen LogP contribution in [0.5, 0.6) is 0 Å². The van der Waals surface area contributed by atoms with Crippen molar-refractivity contribution in [2.75, 3.05) is 13.7 Å². The van der Waals surface area contributed by atoms with Crippen LogP contribution in [0.1, 0.15) is 5.56 Å². The second-order valence-corrected chi connectivity index (χ2v) is 3.02. The van der Waals surface area contributed by atoms with Gasteiger partial charge in [0, 0.05) is 18.9 Å². The van der Waals surface area contributed by atoms with Gasteiger partial charge in [-0.3, -0.25) is 9.78 Å². The van der Waals surface area contributed by atoms with Crippen molar-refractivity contribution in [1.82, 2.24) is 4.98 Å². The molecule has 16 heavy (non-hydrogen) atoms. The van der Waals surface area contributed by atoms with Crippen molar-refractivity contribution in [2.24, 2.45) is 11.7 Å². The van der Waals surface area contributed by atoms with Gasteiger partial charge >= 0.3 is 5.97 Å². The molecule has 1 aromatic heterocycles. The molecule has 0 aliphatic rings. The number of ether oxygens (including phenoxy) is 1. The molecular formula is C10H16Cl2N2O2. The summed E-state index contributed by atoms with van der Waals surface area (Å²) in [5.41, 5.74) is 6.52. The van der Waals surface area contributed by atoms with Crippen molar-refractivity contribution in [3.63, 3.8) is 0 Å². The van der Waals surface area contributed by atoms with Crippen LogP contribution < -0.4 is 5.73 Å². The average Bonchev–Trinajstić information content (AvgIpc) is 2.26. The monoisotopic (exact) mass is 266 g/mol. The van der Waals surface area contributed by atoms with E-state index in [1.165, 1.54) is 7.11 Å². The van der Waals surface area contributed by atoms with Gasteiger partial charge in [-0.1, -0.05) is 0 Å². The molecule has 1 atom stereocenters. The molecule has 1 aromatic rings. The molecule has 4 nitrogen and oxygen atoms in total. The van der Waals surface area contributed by atoms with E-state index in [1.807, 2.05) is 12.1 Å². The van der Waals surface area contributed by atoms with Crippen LogP contribution in [-0.4, -0.2) is 24.6 Å². The molecule has 2 N–H and O–H groups in total. The molecule has 1 rings (SSSR count). The topological polar surface area (TPSA) is 65.2 Å². The van der Waals surface area contributed by atoms with E-state index >= 15 is 0 Å². The molecule has 0 aromatic carbocycles. The van der Waals surface area contributed by atoms with E-state index < -0.39 is 0 Å². The predicted octanol–water partition coefficient (Wildman–Crippen LogP) is 1.22. The lowest BCUT2D eigenvalue weighted by Gasteiger charge is -2.11. The second kappa shape index (κ2) is 9.39. The SMILES string of the molecule is COC(=O)C(CN)Cc1ccncc1.Cl.Cl. The molecule has 0 spiro atoms. The Balaban J connectivity index is 0. The van der Waals surface area contributed by atoms with E-state index in [4.69, 9.17) is 5.73 Å². The van der Waals surface area contributed by atoms with Crippen molar-refractivity contribution in [3.8, 4) is 0 Å². The van der Waals surface area contributed by atoms with Crippen LogP contribution in [0, 0.1) is 5.92 Å². The molecule has 0 saturated carbocycles. The molecule has 0 aliphatic heterocycles. The van der Waals surface area contributed by atoms with Crippen molar-refractivity contribution in [1.29, 1.82) is 0 Å². The molecule has 6 heteroatoms. The number of nitrogens with zero attached hydrogens (tertiary/aromatic N) is 1. The number of esters is 1. The van der Waals surface area contributed by atoms with Crippen molar-refractivity contribution in [2.45, 2.75) is 6.42 Å². The first-order valence-corrected chi connectivity index (χ1v) is 4.44. The Morgan fingerprint density at radius 2 is 2.00 bits per heavy atom. The van der Waals surface area contributed by atoms with Gasteiger partial charge in [0.05, 0.1) is 13.0 Å². The first-order chi connectivity index (χ1) is 6.77. The van der Waals surface area contributed by atoms with Gasteiger partial charge in [-0.2, -0.15) is 0 Å². The summed E-state index contributed by atoms with van der Waals surface area (Å²) in [5.74, 6) is -0.522. The fourth-order valence-corrected chi connectivity index (χ4v) is 1.23. The lowest BCUT2D eigenvalue weighted by Crippen LogP contribution is -2.26. The van der Waals surface area contributed by atoms with E-state index in [9.17, 15) is 4.79 Å². The molecular weight excluding hydrogens is 251 g/mol. The van der Waals surface area contributed by atoms with Crippen LogP contribution in [0.4, 0.5) is 0 Å². The first kappa shape index (κ1) is 17.6. The zero-order valence-electron chi connectivity index (χ0n) is 8.96. The van der Waals surface area contributed by atoms with Crippen LogP contribution >= 0.6 is 24.8 Å². The molecule has 92 valence electrons. The molecule has 0 aliphatic carbocycles. The van der Waals surface area contributed by atoms with Crippen LogP contribution in [0.25, 0.3) is 0 Å². The number of hydrogen-bond donors (Lipinski definition) is 1. The van der Waals surface area contributed by atoms with Gasteiger partial charge in [0.15, 0.2) is 0 Å². The zero-order chi connectivity index (χ0) is 10.4. The zero-order valence-corrected chi connectivity index (χ0v) is 10.6. The summed E-state index contributed by atoms with van der Waals surface area (Å²) in [7, 11) is 1.37. The third-order valence-electron chi connectivity index (χ3n) is 2.05. The Hall–Kier alpha value is -0.840. The number of halogens is 2. The summed E-state index contributed by atoms with van der Waals surface area (Å²) in [6.07, 6.45) is 3.99. The van der Waals surface area contributed by atoms with E-state index in [0.29, 0.717) is 13.0 Å². The normalized spacial score (nSPS) is 10.6. The number of methoxy groups -OCH3 is 1. The van der Waals surface area contributed by atoms with E-state index in [0.717, 1.165) is 5.56 Å². The minimum atomic E-state index is -0.262. The third kappa shape index (κ3) is 5.30. The number of carbonyl (C=O) groups is 1. The quantitative estimate of drug-likeness (QED) is 0.833.